The van der Waals surface area contributed by atoms with Gasteiger partial charge in [0.2, 0.25) is 4.67 Å². The minimum absolute atomic E-state index is 0.219. The van der Waals surface area contributed by atoms with Gasteiger partial charge in [0.05, 0.1) is 13.2 Å². The second-order valence-electron chi connectivity index (χ2n) is 4.60. The second-order valence-corrected chi connectivity index (χ2v) is 5.32. The fraction of sp³-hybridized carbons (Fsp3) is 0.375. The van der Waals surface area contributed by atoms with Crippen LogP contribution in [0.1, 0.15) is 51.7 Å². The predicted molar refractivity (Wildman–Crippen MR) is 92.2 cm³/mol. The summed E-state index contributed by atoms with van der Waals surface area (Å²) in [5.41, 5.74) is 1.77. The van der Waals surface area contributed by atoms with Crippen LogP contribution in [-0.4, -0.2) is 35.5 Å². The van der Waals surface area contributed by atoms with Gasteiger partial charge in [-0.3, -0.25) is 0 Å². The summed E-state index contributed by atoms with van der Waals surface area (Å²) in [7, 11) is 0. The van der Waals surface area contributed by atoms with Gasteiger partial charge >= 0.3 is 11.9 Å². The van der Waals surface area contributed by atoms with E-state index in [-0.39, 0.29) is 11.4 Å². The Morgan fingerprint density at radius 3 is 1.88 bits per heavy atom. The highest BCUT2D eigenvalue weighted by Crippen LogP contribution is 2.19. The lowest BCUT2D eigenvalue weighted by Gasteiger charge is -1.96. The standard InChI is InChI=1S/C9H11NO3.C7H8BrNO3/c1-4-7-6(3)8(10-13-7)9(11)12-5-2;1-3-11-7(10)5-4(2)6(8)12-9-5/h4H,1,5H2,2-3H3;3H2,1-2H3. The fourth-order valence-corrected chi connectivity index (χ4v) is 1.89. The Labute approximate surface area is 153 Å². The molecule has 0 saturated carbocycles. The van der Waals surface area contributed by atoms with Crippen molar-refractivity contribution in [3.63, 3.8) is 0 Å². The normalized spacial score (nSPS) is 9.80. The van der Waals surface area contributed by atoms with Crippen molar-refractivity contribution in [2.75, 3.05) is 13.2 Å². The Morgan fingerprint density at radius 2 is 1.52 bits per heavy atom. The molecule has 0 unspecified atom stereocenters. The van der Waals surface area contributed by atoms with Gasteiger partial charge in [0, 0.05) is 11.1 Å². The van der Waals surface area contributed by atoms with E-state index >= 15 is 0 Å². The van der Waals surface area contributed by atoms with Gasteiger partial charge in [-0.05, 0) is 49.7 Å². The van der Waals surface area contributed by atoms with Crippen LogP contribution in [0.2, 0.25) is 0 Å². The molecule has 0 fully saturated rings. The Balaban J connectivity index is 0.000000251. The second kappa shape index (κ2) is 9.77. The summed E-state index contributed by atoms with van der Waals surface area (Å²) in [5.74, 6) is -0.413. The third kappa shape index (κ3) is 5.28. The van der Waals surface area contributed by atoms with Gasteiger partial charge in [-0.2, -0.15) is 0 Å². The topological polar surface area (TPSA) is 105 Å². The Morgan fingerprint density at radius 1 is 1.04 bits per heavy atom. The van der Waals surface area contributed by atoms with Gasteiger partial charge in [-0.15, -0.1) is 0 Å². The maximum atomic E-state index is 11.2. The Hall–Kier alpha value is -2.42. The number of aromatic nitrogens is 2. The van der Waals surface area contributed by atoms with Crippen LogP contribution in [0.3, 0.4) is 0 Å². The molecule has 2 aromatic heterocycles. The van der Waals surface area contributed by atoms with Crippen molar-refractivity contribution >= 4 is 33.9 Å². The summed E-state index contributed by atoms with van der Waals surface area (Å²) < 4.78 is 19.5. The molecule has 0 spiro atoms. The van der Waals surface area contributed by atoms with Gasteiger partial charge in [0.25, 0.3) is 0 Å². The van der Waals surface area contributed by atoms with E-state index in [1.165, 1.54) is 6.08 Å². The Kier molecular flexibility index (Phi) is 8.06. The molecular formula is C16H19BrN2O6. The number of esters is 2. The number of nitrogens with zero attached hydrogens (tertiary/aromatic N) is 2. The zero-order valence-corrected chi connectivity index (χ0v) is 16.0. The molecule has 0 N–H and O–H groups in total. The summed E-state index contributed by atoms with van der Waals surface area (Å²) in [6.07, 6.45) is 1.51. The van der Waals surface area contributed by atoms with E-state index in [9.17, 15) is 9.59 Å². The molecule has 0 atom stereocenters. The minimum atomic E-state index is -0.461. The number of rotatable bonds is 5. The summed E-state index contributed by atoms with van der Waals surface area (Å²) in [6.45, 7) is 11.1. The van der Waals surface area contributed by atoms with Crippen LogP contribution in [0.4, 0.5) is 0 Å². The van der Waals surface area contributed by atoms with Crippen LogP contribution < -0.4 is 0 Å². The molecule has 0 aromatic carbocycles. The third-order valence-electron chi connectivity index (χ3n) is 2.95. The van der Waals surface area contributed by atoms with E-state index in [4.69, 9.17) is 18.5 Å². The first-order valence-corrected chi connectivity index (χ1v) is 8.21. The van der Waals surface area contributed by atoms with Crippen molar-refractivity contribution < 1.29 is 28.1 Å². The van der Waals surface area contributed by atoms with Crippen LogP contribution in [-0.2, 0) is 9.47 Å². The van der Waals surface area contributed by atoms with Crippen molar-refractivity contribution in [2.24, 2.45) is 0 Å². The van der Waals surface area contributed by atoms with Crippen LogP contribution in [0.5, 0.6) is 0 Å². The molecule has 2 rings (SSSR count). The number of hydrogen-bond donors (Lipinski definition) is 0. The quantitative estimate of drug-likeness (QED) is 0.681. The first-order chi connectivity index (χ1) is 11.9. The van der Waals surface area contributed by atoms with Crippen LogP contribution in [0.25, 0.3) is 6.08 Å². The number of ether oxygens (including phenoxy) is 2. The summed E-state index contributed by atoms with van der Waals surface area (Å²) in [4.78, 5) is 22.3. The molecule has 0 aliphatic rings. The lowest BCUT2D eigenvalue weighted by atomic mass is 10.2. The van der Waals surface area contributed by atoms with E-state index in [1.807, 2.05) is 0 Å². The highest BCUT2D eigenvalue weighted by atomic mass is 79.9. The van der Waals surface area contributed by atoms with Crippen molar-refractivity contribution in [3.8, 4) is 0 Å². The van der Waals surface area contributed by atoms with Crippen molar-refractivity contribution in [1.29, 1.82) is 0 Å². The molecule has 136 valence electrons. The molecular weight excluding hydrogens is 396 g/mol. The number of hydrogen-bond acceptors (Lipinski definition) is 8. The van der Waals surface area contributed by atoms with Gasteiger partial charge in [0.15, 0.2) is 17.1 Å². The minimum Gasteiger partial charge on any atom is -0.461 e. The Bertz CT molecular complexity index is 750. The lowest BCUT2D eigenvalue weighted by molar-refractivity contribution is 0.0504. The SMILES string of the molecule is C=Cc1onc(C(=O)OCC)c1C.CCOC(=O)c1noc(Br)c1C. The van der Waals surface area contributed by atoms with Crippen LogP contribution in [0, 0.1) is 13.8 Å². The van der Waals surface area contributed by atoms with E-state index in [0.29, 0.717) is 34.8 Å². The molecule has 0 radical (unpaired) electrons. The van der Waals surface area contributed by atoms with Crippen molar-refractivity contribution in [1.82, 2.24) is 10.3 Å². The number of carbonyl (C=O) groups excluding carboxylic acids is 2. The first-order valence-electron chi connectivity index (χ1n) is 7.41. The average molecular weight is 415 g/mol. The molecule has 8 nitrogen and oxygen atoms in total. The molecule has 9 heteroatoms. The molecule has 0 aliphatic carbocycles. The smallest absolute Gasteiger partial charge is 0.360 e. The summed E-state index contributed by atoms with van der Waals surface area (Å²) >= 11 is 3.10. The van der Waals surface area contributed by atoms with E-state index in [1.54, 1.807) is 27.7 Å². The number of carbonyl (C=O) groups is 2. The zero-order chi connectivity index (χ0) is 19.0. The van der Waals surface area contributed by atoms with Gasteiger partial charge in [-0.25, -0.2) is 9.59 Å². The maximum absolute atomic E-state index is 11.2. The van der Waals surface area contributed by atoms with Crippen LogP contribution >= 0.6 is 15.9 Å². The lowest BCUT2D eigenvalue weighted by Crippen LogP contribution is -2.06. The maximum Gasteiger partial charge on any atom is 0.360 e. The van der Waals surface area contributed by atoms with Crippen molar-refractivity contribution in [2.45, 2.75) is 27.7 Å². The highest BCUT2D eigenvalue weighted by molar-refractivity contribution is 9.10. The summed E-state index contributed by atoms with van der Waals surface area (Å²) in [5, 5.41) is 7.12. The molecule has 2 heterocycles. The average Bonchev–Trinajstić information content (AvgIpc) is 3.11. The summed E-state index contributed by atoms with van der Waals surface area (Å²) in [6, 6.07) is 0. The number of halogens is 1. The molecule has 0 amide bonds. The van der Waals surface area contributed by atoms with E-state index in [0.717, 1.165) is 0 Å². The molecule has 25 heavy (non-hydrogen) atoms. The van der Waals surface area contributed by atoms with Gasteiger partial charge < -0.3 is 18.5 Å². The highest BCUT2D eigenvalue weighted by Gasteiger charge is 2.18. The molecule has 2 aromatic rings. The molecule has 0 bridgehead atoms. The predicted octanol–water partition coefficient (Wildman–Crippen LogP) is 3.72. The van der Waals surface area contributed by atoms with Crippen molar-refractivity contribution in [3.05, 3.63) is 39.5 Å². The largest absolute Gasteiger partial charge is 0.461 e. The third-order valence-corrected chi connectivity index (χ3v) is 3.69. The van der Waals surface area contributed by atoms with Crippen LogP contribution in [0.15, 0.2) is 20.3 Å². The van der Waals surface area contributed by atoms with Gasteiger partial charge in [-0.1, -0.05) is 16.9 Å². The zero-order valence-electron chi connectivity index (χ0n) is 14.4. The monoisotopic (exact) mass is 414 g/mol. The first kappa shape index (κ1) is 20.6. The van der Waals surface area contributed by atoms with E-state index in [2.05, 4.69) is 32.8 Å². The fourth-order valence-electron chi connectivity index (χ4n) is 1.63. The molecule has 0 aliphatic heterocycles. The molecule has 0 saturated heterocycles. The van der Waals surface area contributed by atoms with E-state index < -0.39 is 11.9 Å². The van der Waals surface area contributed by atoms with Gasteiger partial charge in [0.1, 0.15) is 0 Å².